The molecule has 1 aromatic rings. The van der Waals surface area contributed by atoms with E-state index in [1.807, 2.05) is 24.3 Å². The number of nitrogens with zero attached hydrogens (tertiary/aromatic N) is 1. The van der Waals surface area contributed by atoms with Gasteiger partial charge in [-0.3, -0.25) is 4.79 Å². The van der Waals surface area contributed by atoms with Gasteiger partial charge in [-0.25, -0.2) is 0 Å². The highest BCUT2D eigenvalue weighted by molar-refractivity contribution is 5.93. The number of benzene rings is 1. The molecule has 1 fully saturated rings. The summed E-state index contributed by atoms with van der Waals surface area (Å²) in [7, 11) is 3.66. The number of methoxy groups -OCH3 is 1. The summed E-state index contributed by atoms with van der Waals surface area (Å²) in [6.45, 7) is 3.52. The lowest BCUT2D eigenvalue weighted by Crippen LogP contribution is -2.45. The number of likely N-dealkylation sites (N-methyl/N-ethyl adjacent to an activating group) is 1. The van der Waals surface area contributed by atoms with Gasteiger partial charge in [0.05, 0.1) is 32.1 Å². The molecule has 0 saturated carbocycles. The minimum atomic E-state index is -0.0938. The van der Waals surface area contributed by atoms with Crippen LogP contribution in [-0.4, -0.2) is 63.9 Å². The number of para-hydroxylation sites is 2. The Morgan fingerprint density at radius 1 is 1.48 bits per heavy atom. The van der Waals surface area contributed by atoms with E-state index in [9.17, 15) is 4.79 Å². The van der Waals surface area contributed by atoms with Gasteiger partial charge in [0.25, 0.3) is 0 Å². The molecular formula is C15H23N3O3. The van der Waals surface area contributed by atoms with E-state index >= 15 is 0 Å². The molecule has 0 spiro atoms. The van der Waals surface area contributed by atoms with Gasteiger partial charge in [-0.2, -0.15) is 0 Å². The number of morpholine rings is 1. The van der Waals surface area contributed by atoms with Crippen molar-refractivity contribution in [1.29, 1.82) is 0 Å². The first-order chi connectivity index (χ1) is 10.2. The Kier molecular flexibility index (Phi) is 5.98. The zero-order valence-corrected chi connectivity index (χ0v) is 12.6. The summed E-state index contributed by atoms with van der Waals surface area (Å²) in [5, 5.41) is 5.96. The topological polar surface area (TPSA) is 62.8 Å². The van der Waals surface area contributed by atoms with Crippen molar-refractivity contribution in [3.05, 3.63) is 24.3 Å². The second kappa shape index (κ2) is 7.97. The standard InChI is InChI=1S/C15H23N3O3/c1-18-7-8-21-12(11-18)9-16-10-15(19)17-13-5-3-4-6-14(13)20-2/h3-6,12,16H,7-11H2,1-2H3,(H,17,19). The van der Waals surface area contributed by atoms with Crippen molar-refractivity contribution >= 4 is 11.6 Å². The average molecular weight is 293 g/mol. The minimum absolute atomic E-state index is 0.0938. The van der Waals surface area contributed by atoms with Gasteiger partial charge in [-0.05, 0) is 19.2 Å². The van der Waals surface area contributed by atoms with Gasteiger partial charge in [0.1, 0.15) is 5.75 Å². The summed E-state index contributed by atoms with van der Waals surface area (Å²) in [4.78, 5) is 14.1. The van der Waals surface area contributed by atoms with Crippen molar-refractivity contribution < 1.29 is 14.3 Å². The lowest BCUT2D eigenvalue weighted by Gasteiger charge is -2.30. The van der Waals surface area contributed by atoms with Crippen LogP contribution < -0.4 is 15.4 Å². The maximum absolute atomic E-state index is 11.9. The van der Waals surface area contributed by atoms with Crippen LogP contribution in [0.1, 0.15) is 0 Å². The van der Waals surface area contributed by atoms with Gasteiger partial charge < -0.3 is 25.0 Å². The molecule has 116 valence electrons. The fraction of sp³-hybridized carbons (Fsp3) is 0.533. The zero-order chi connectivity index (χ0) is 15.1. The molecule has 1 aliphatic rings. The van der Waals surface area contributed by atoms with Gasteiger partial charge >= 0.3 is 0 Å². The molecule has 1 atom stereocenters. The normalized spacial score (nSPS) is 19.2. The second-order valence-corrected chi connectivity index (χ2v) is 5.13. The number of rotatable bonds is 6. The van der Waals surface area contributed by atoms with Gasteiger partial charge in [0.2, 0.25) is 5.91 Å². The SMILES string of the molecule is COc1ccccc1NC(=O)CNCC1CN(C)CCO1. The largest absolute Gasteiger partial charge is 0.495 e. The minimum Gasteiger partial charge on any atom is -0.495 e. The Morgan fingerprint density at radius 3 is 3.05 bits per heavy atom. The predicted octanol–water partition coefficient (Wildman–Crippen LogP) is 0.554. The lowest BCUT2D eigenvalue weighted by atomic mass is 10.2. The van der Waals surface area contributed by atoms with Crippen molar-refractivity contribution in [1.82, 2.24) is 10.2 Å². The highest BCUT2D eigenvalue weighted by atomic mass is 16.5. The van der Waals surface area contributed by atoms with E-state index in [1.165, 1.54) is 0 Å². The third-order valence-electron chi connectivity index (χ3n) is 3.38. The van der Waals surface area contributed by atoms with Crippen molar-refractivity contribution in [2.75, 3.05) is 52.3 Å². The molecule has 2 rings (SSSR count). The maximum Gasteiger partial charge on any atom is 0.238 e. The van der Waals surface area contributed by atoms with Crippen LogP contribution in [-0.2, 0) is 9.53 Å². The summed E-state index contributed by atoms with van der Waals surface area (Å²) in [6.07, 6.45) is 0.141. The number of carbonyl (C=O) groups is 1. The van der Waals surface area contributed by atoms with Crippen LogP contribution >= 0.6 is 0 Å². The highest BCUT2D eigenvalue weighted by Crippen LogP contribution is 2.22. The van der Waals surface area contributed by atoms with Crippen molar-refractivity contribution in [2.24, 2.45) is 0 Å². The lowest BCUT2D eigenvalue weighted by molar-refractivity contribution is -0.115. The van der Waals surface area contributed by atoms with E-state index in [1.54, 1.807) is 7.11 Å². The number of anilines is 1. The van der Waals surface area contributed by atoms with Crippen LogP contribution in [0.3, 0.4) is 0 Å². The molecule has 1 unspecified atom stereocenters. The molecule has 2 N–H and O–H groups in total. The summed E-state index contributed by atoms with van der Waals surface area (Å²) in [5.74, 6) is 0.562. The number of hydrogen-bond acceptors (Lipinski definition) is 5. The molecule has 0 aromatic heterocycles. The van der Waals surface area contributed by atoms with Gasteiger partial charge in [0.15, 0.2) is 0 Å². The third-order valence-corrected chi connectivity index (χ3v) is 3.38. The van der Waals surface area contributed by atoms with Crippen LogP contribution in [0.2, 0.25) is 0 Å². The molecule has 21 heavy (non-hydrogen) atoms. The van der Waals surface area contributed by atoms with Crippen LogP contribution in [0.4, 0.5) is 5.69 Å². The Labute approximate surface area is 125 Å². The van der Waals surface area contributed by atoms with E-state index in [-0.39, 0.29) is 18.6 Å². The monoisotopic (exact) mass is 293 g/mol. The molecular weight excluding hydrogens is 270 g/mol. The fourth-order valence-corrected chi connectivity index (χ4v) is 2.28. The zero-order valence-electron chi connectivity index (χ0n) is 12.6. The highest BCUT2D eigenvalue weighted by Gasteiger charge is 2.17. The molecule has 1 saturated heterocycles. The Balaban J connectivity index is 1.72. The second-order valence-electron chi connectivity index (χ2n) is 5.13. The number of carbonyl (C=O) groups excluding carboxylic acids is 1. The molecule has 1 aliphatic heterocycles. The van der Waals surface area contributed by atoms with Crippen molar-refractivity contribution in [3.8, 4) is 5.75 Å². The molecule has 0 radical (unpaired) electrons. The molecule has 6 nitrogen and oxygen atoms in total. The predicted molar refractivity (Wildman–Crippen MR) is 81.7 cm³/mol. The average Bonchev–Trinajstić information content (AvgIpc) is 2.48. The van der Waals surface area contributed by atoms with E-state index in [4.69, 9.17) is 9.47 Å². The smallest absolute Gasteiger partial charge is 0.238 e. The molecule has 1 amide bonds. The maximum atomic E-state index is 11.9. The number of amides is 1. The first-order valence-corrected chi connectivity index (χ1v) is 7.13. The third kappa shape index (κ3) is 5.00. The first kappa shape index (κ1) is 15.8. The number of nitrogens with one attached hydrogen (secondary N) is 2. The summed E-state index contributed by atoms with van der Waals surface area (Å²) >= 11 is 0. The summed E-state index contributed by atoms with van der Waals surface area (Å²) in [5.41, 5.74) is 0.681. The van der Waals surface area contributed by atoms with E-state index in [0.29, 0.717) is 18.0 Å². The van der Waals surface area contributed by atoms with Gasteiger partial charge in [-0.15, -0.1) is 0 Å². The van der Waals surface area contributed by atoms with Crippen LogP contribution in [0.25, 0.3) is 0 Å². The van der Waals surface area contributed by atoms with E-state index < -0.39 is 0 Å². The fourth-order valence-electron chi connectivity index (χ4n) is 2.28. The van der Waals surface area contributed by atoms with Gasteiger partial charge in [-0.1, -0.05) is 12.1 Å². The molecule has 6 heteroatoms. The molecule has 0 bridgehead atoms. The summed E-state index contributed by atoms with van der Waals surface area (Å²) < 4.78 is 10.8. The molecule has 1 heterocycles. The van der Waals surface area contributed by atoms with Crippen molar-refractivity contribution in [3.63, 3.8) is 0 Å². The van der Waals surface area contributed by atoms with Crippen LogP contribution in [0.15, 0.2) is 24.3 Å². The molecule has 1 aromatic carbocycles. The Hall–Kier alpha value is -1.63. The van der Waals surface area contributed by atoms with Gasteiger partial charge in [0, 0.05) is 19.6 Å². The number of ether oxygens (including phenoxy) is 2. The van der Waals surface area contributed by atoms with Crippen LogP contribution in [0.5, 0.6) is 5.75 Å². The quantitative estimate of drug-likeness (QED) is 0.802. The van der Waals surface area contributed by atoms with Crippen molar-refractivity contribution in [2.45, 2.75) is 6.10 Å². The Morgan fingerprint density at radius 2 is 2.29 bits per heavy atom. The van der Waals surface area contributed by atoms with E-state index in [2.05, 4.69) is 22.6 Å². The Bertz CT molecular complexity index is 467. The molecule has 0 aliphatic carbocycles. The van der Waals surface area contributed by atoms with Crippen LogP contribution in [0, 0.1) is 0 Å². The number of hydrogen-bond donors (Lipinski definition) is 2. The van der Waals surface area contributed by atoms with E-state index in [0.717, 1.165) is 19.7 Å². The summed E-state index contributed by atoms with van der Waals surface area (Å²) in [6, 6.07) is 7.35. The first-order valence-electron chi connectivity index (χ1n) is 7.13.